The topological polar surface area (TPSA) is 17.0 Å². The second kappa shape index (κ2) is 3.98. The number of benzene rings is 2. The summed E-state index contributed by atoms with van der Waals surface area (Å²) in [4.78, 5) is 0. The Kier molecular flexibility index (Phi) is 2.33. The molecule has 1 aromatic heterocycles. The van der Waals surface area contributed by atoms with Crippen molar-refractivity contribution in [3.8, 4) is 0 Å². The molecule has 0 fully saturated rings. The molecule has 1 N–H and O–H groups in total. The van der Waals surface area contributed by atoms with Gasteiger partial charge < -0.3 is 9.88 Å². The summed E-state index contributed by atoms with van der Waals surface area (Å²) in [6.45, 7) is 0. The van der Waals surface area contributed by atoms with Crippen molar-refractivity contribution >= 4 is 22.3 Å². The van der Waals surface area contributed by atoms with Crippen LogP contribution >= 0.6 is 0 Å². The van der Waals surface area contributed by atoms with Gasteiger partial charge in [0.2, 0.25) is 0 Å². The Morgan fingerprint density at radius 1 is 0.882 bits per heavy atom. The number of hydrogen-bond acceptors (Lipinski definition) is 1. The summed E-state index contributed by atoms with van der Waals surface area (Å²) in [7, 11) is 2.06. The third kappa shape index (κ3) is 1.78. The highest BCUT2D eigenvalue weighted by Gasteiger charge is 2.03. The van der Waals surface area contributed by atoms with Crippen LogP contribution in [0.2, 0.25) is 0 Å². The van der Waals surface area contributed by atoms with Gasteiger partial charge in [0.1, 0.15) is 0 Å². The molecule has 0 spiro atoms. The molecule has 0 radical (unpaired) electrons. The molecular weight excluding hydrogens is 208 g/mol. The van der Waals surface area contributed by atoms with E-state index < -0.39 is 0 Å². The number of nitrogens with one attached hydrogen (secondary N) is 1. The Labute approximate surface area is 101 Å². The molecule has 0 aliphatic rings. The van der Waals surface area contributed by atoms with E-state index in [1.807, 2.05) is 18.2 Å². The second-order valence-electron chi connectivity index (χ2n) is 4.16. The molecule has 3 rings (SSSR count). The van der Waals surface area contributed by atoms with Crippen LogP contribution in [0.3, 0.4) is 0 Å². The van der Waals surface area contributed by atoms with E-state index in [2.05, 4.69) is 59.5 Å². The first-order valence-electron chi connectivity index (χ1n) is 5.71. The highest BCUT2D eigenvalue weighted by Crippen LogP contribution is 2.26. The van der Waals surface area contributed by atoms with E-state index in [9.17, 15) is 0 Å². The van der Waals surface area contributed by atoms with Gasteiger partial charge in [0, 0.05) is 35.5 Å². The molecule has 0 saturated carbocycles. The van der Waals surface area contributed by atoms with Gasteiger partial charge >= 0.3 is 0 Å². The summed E-state index contributed by atoms with van der Waals surface area (Å²) in [5.41, 5.74) is 3.50. The smallest absolute Gasteiger partial charge is 0.0498 e. The molecule has 0 atom stereocenters. The lowest BCUT2D eigenvalue weighted by Crippen LogP contribution is -1.91. The van der Waals surface area contributed by atoms with Crippen LogP contribution in [0.5, 0.6) is 0 Å². The Morgan fingerprint density at radius 3 is 2.53 bits per heavy atom. The van der Waals surface area contributed by atoms with Gasteiger partial charge in [-0.1, -0.05) is 24.3 Å². The van der Waals surface area contributed by atoms with Crippen molar-refractivity contribution in [1.82, 2.24) is 4.57 Å². The highest BCUT2D eigenvalue weighted by atomic mass is 14.9. The number of rotatable bonds is 2. The molecule has 0 aliphatic carbocycles. The Hall–Kier alpha value is -2.22. The minimum Gasteiger partial charge on any atom is -0.355 e. The Balaban J connectivity index is 2.06. The molecule has 2 nitrogen and oxygen atoms in total. The van der Waals surface area contributed by atoms with E-state index in [1.165, 1.54) is 10.9 Å². The number of aryl methyl sites for hydroxylation is 1. The van der Waals surface area contributed by atoms with Gasteiger partial charge in [-0.05, 0) is 30.3 Å². The largest absolute Gasteiger partial charge is 0.355 e. The summed E-state index contributed by atoms with van der Waals surface area (Å²) in [6.07, 6.45) is 2.08. The molecule has 84 valence electrons. The molecule has 2 aromatic carbocycles. The molecule has 2 heteroatoms. The molecule has 1 heterocycles. The normalized spacial score (nSPS) is 10.6. The van der Waals surface area contributed by atoms with E-state index in [0.29, 0.717) is 0 Å². The first-order chi connectivity index (χ1) is 8.34. The average molecular weight is 222 g/mol. The van der Waals surface area contributed by atoms with Gasteiger partial charge in [0.25, 0.3) is 0 Å². The number of fused-ring (bicyclic) bond motifs is 1. The van der Waals surface area contributed by atoms with Crippen LogP contribution in [0, 0.1) is 0 Å². The fraction of sp³-hybridized carbons (Fsp3) is 0.0667. The minimum atomic E-state index is 1.11. The number of hydrogen-bond donors (Lipinski definition) is 1. The fourth-order valence-corrected chi connectivity index (χ4v) is 2.09. The summed E-state index contributed by atoms with van der Waals surface area (Å²) < 4.78 is 2.13. The zero-order valence-electron chi connectivity index (χ0n) is 9.72. The zero-order valence-corrected chi connectivity index (χ0v) is 9.72. The van der Waals surface area contributed by atoms with E-state index in [1.54, 1.807) is 0 Å². The zero-order chi connectivity index (χ0) is 11.7. The summed E-state index contributed by atoms with van der Waals surface area (Å²) >= 11 is 0. The van der Waals surface area contributed by atoms with Gasteiger partial charge in [-0.25, -0.2) is 0 Å². The van der Waals surface area contributed by atoms with Crippen molar-refractivity contribution in [1.29, 1.82) is 0 Å². The van der Waals surface area contributed by atoms with Gasteiger partial charge in [-0.2, -0.15) is 0 Å². The molecule has 0 saturated heterocycles. The quantitative estimate of drug-likeness (QED) is 0.695. The maximum absolute atomic E-state index is 3.45. The SMILES string of the molecule is Cn1ccc2c(Nc3ccccc3)cccc21. The van der Waals surface area contributed by atoms with Gasteiger partial charge in [0.05, 0.1) is 0 Å². The van der Waals surface area contributed by atoms with Crippen LogP contribution in [0.1, 0.15) is 0 Å². The number of nitrogens with zero attached hydrogens (tertiary/aromatic N) is 1. The van der Waals surface area contributed by atoms with Crippen LogP contribution in [0.25, 0.3) is 10.9 Å². The van der Waals surface area contributed by atoms with Crippen LogP contribution in [0.15, 0.2) is 60.8 Å². The van der Waals surface area contributed by atoms with Crippen LogP contribution in [0.4, 0.5) is 11.4 Å². The number of aromatic nitrogens is 1. The van der Waals surface area contributed by atoms with Crippen molar-refractivity contribution in [2.24, 2.45) is 7.05 Å². The summed E-state index contributed by atoms with van der Waals surface area (Å²) in [5.74, 6) is 0. The lowest BCUT2D eigenvalue weighted by molar-refractivity contribution is 0.969. The lowest BCUT2D eigenvalue weighted by Gasteiger charge is -2.08. The molecule has 0 bridgehead atoms. The summed E-state index contributed by atoms with van der Waals surface area (Å²) in [5, 5.41) is 4.70. The maximum atomic E-state index is 3.45. The van der Waals surface area contributed by atoms with Crippen LogP contribution in [-0.2, 0) is 7.05 Å². The fourth-order valence-electron chi connectivity index (χ4n) is 2.09. The predicted molar refractivity (Wildman–Crippen MR) is 72.6 cm³/mol. The summed E-state index contributed by atoms with van der Waals surface area (Å²) in [6, 6.07) is 18.7. The van der Waals surface area contributed by atoms with E-state index in [-0.39, 0.29) is 0 Å². The molecule has 3 aromatic rings. The van der Waals surface area contributed by atoms with E-state index >= 15 is 0 Å². The minimum absolute atomic E-state index is 1.11. The van der Waals surface area contributed by atoms with Crippen LogP contribution in [-0.4, -0.2) is 4.57 Å². The van der Waals surface area contributed by atoms with E-state index in [0.717, 1.165) is 11.4 Å². The standard InChI is InChI=1S/C15H14N2/c1-17-11-10-13-14(8-5-9-15(13)17)16-12-6-3-2-4-7-12/h2-11,16H,1H3. The molecule has 17 heavy (non-hydrogen) atoms. The molecule has 0 aliphatic heterocycles. The van der Waals surface area contributed by atoms with Gasteiger partial charge in [-0.3, -0.25) is 0 Å². The Morgan fingerprint density at radius 2 is 1.71 bits per heavy atom. The maximum Gasteiger partial charge on any atom is 0.0498 e. The Bertz CT molecular complexity index is 638. The molecule has 0 unspecified atom stereocenters. The van der Waals surface area contributed by atoms with E-state index in [4.69, 9.17) is 0 Å². The molecular formula is C15H14N2. The van der Waals surface area contributed by atoms with Crippen molar-refractivity contribution in [3.63, 3.8) is 0 Å². The van der Waals surface area contributed by atoms with Crippen molar-refractivity contribution in [2.75, 3.05) is 5.32 Å². The van der Waals surface area contributed by atoms with Crippen molar-refractivity contribution in [3.05, 3.63) is 60.8 Å². The van der Waals surface area contributed by atoms with Crippen LogP contribution < -0.4 is 5.32 Å². The first-order valence-corrected chi connectivity index (χ1v) is 5.71. The monoisotopic (exact) mass is 222 g/mol. The molecule has 0 amide bonds. The van der Waals surface area contributed by atoms with Gasteiger partial charge in [-0.15, -0.1) is 0 Å². The lowest BCUT2D eigenvalue weighted by atomic mass is 10.2. The average Bonchev–Trinajstić information content (AvgIpc) is 2.74. The number of anilines is 2. The predicted octanol–water partition coefficient (Wildman–Crippen LogP) is 3.92. The number of para-hydroxylation sites is 1. The van der Waals surface area contributed by atoms with Crippen molar-refractivity contribution in [2.45, 2.75) is 0 Å². The third-order valence-corrected chi connectivity index (χ3v) is 2.98. The third-order valence-electron chi connectivity index (χ3n) is 2.98. The first kappa shape index (κ1) is 9.97. The highest BCUT2D eigenvalue weighted by molar-refractivity contribution is 5.94. The van der Waals surface area contributed by atoms with Gasteiger partial charge in [0.15, 0.2) is 0 Å². The van der Waals surface area contributed by atoms with Crippen molar-refractivity contribution < 1.29 is 0 Å². The second-order valence-corrected chi connectivity index (χ2v) is 4.16.